The van der Waals surface area contributed by atoms with Crippen LogP contribution in [0, 0.1) is 5.92 Å². The summed E-state index contributed by atoms with van der Waals surface area (Å²) in [5.41, 5.74) is 0. The van der Waals surface area contributed by atoms with E-state index < -0.39 is 16.1 Å². The van der Waals surface area contributed by atoms with E-state index in [0.29, 0.717) is 6.42 Å². The molecule has 1 atom stereocenters. The molecule has 0 amide bonds. The number of carbonyl (C=O) groups excluding carboxylic acids is 1. The third-order valence-corrected chi connectivity index (χ3v) is 3.33. The summed E-state index contributed by atoms with van der Waals surface area (Å²) in [7, 11) is -3.14. The Kier molecular flexibility index (Phi) is 2.53. The van der Waals surface area contributed by atoms with Crippen LogP contribution in [-0.4, -0.2) is 26.0 Å². The van der Waals surface area contributed by atoms with Crippen LogP contribution in [0.5, 0.6) is 0 Å². The average molecular weight is 191 g/mol. The van der Waals surface area contributed by atoms with E-state index in [2.05, 4.69) is 4.72 Å². The minimum absolute atomic E-state index is 0.0175. The summed E-state index contributed by atoms with van der Waals surface area (Å²) in [6.45, 7) is 3.55. The highest BCUT2D eigenvalue weighted by molar-refractivity contribution is 7.89. The molecule has 0 aromatic carbocycles. The van der Waals surface area contributed by atoms with E-state index in [1.54, 1.807) is 13.8 Å². The fourth-order valence-corrected chi connectivity index (χ4v) is 2.54. The molecule has 5 heteroatoms. The molecule has 1 saturated heterocycles. The summed E-state index contributed by atoms with van der Waals surface area (Å²) < 4.78 is 24.1. The van der Waals surface area contributed by atoms with E-state index in [4.69, 9.17) is 0 Å². The second-order valence-corrected chi connectivity index (χ2v) is 5.21. The molecule has 0 radical (unpaired) electrons. The number of sulfonamides is 1. The van der Waals surface area contributed by atoms with Crippen molar-refractivity contribution in [3.63, 3.8) is 0 Å². The van der Waals surface area contributed by atoms with Crippen LogP contribution in [0.3, 0.4) is 0 Å². The Morgan fingerprint density at radius 1 is 1.50 bits per heavy atom. The van der Waals surface area contributed by atoms with Crippen molar-refractivity contribution in [1.29, 1.82) is 0 Å². The molecular formula is C7H13NO3S. The summed E-state index contributed by atoms with van der Waals surface area (Å²) in [5.74, 6) is -0.0391. The third kappa shape index (κ3) is 2.04. The number of hydrogen-bond acceptors (Lipinski definition) is 3. The van der Waals surface area contributed by atoms with E-state index in [9.17, 15) is 13.2 Å². The zero-order valence-corrected chi connectivity index (χ0v) is 8.02. The van der Waals surface area contributed by atoms with Crippen molar-refractivity contribution in [2.24, 2.45) is 5.92 Å². The lowest BCUT2D eigenvalue weighted by Gasteiger charge is -2.09. The summed E-state index contributed by atoms with van der Waals surface area (Å²) >= 11 is 0. The minimum atomic E-state index is -3.14. The fraction of sp³-hybridized carbons (Fsp3) is 0.857. The first-order valence-corrected chi connectivity index (χ1v) is 5.61. The summed E-state index contributed by atoms with van der Waals surface area (Å²) in [6, 6.07) is -0.477. The van der Waals surface area contributed by atoms with Crippen molar-refractivity contribution in [3.8, 4) is 0 Å². The normalized spacial score (nSPS) is 27.8. The molecule has 0 saturated carbocycles. The largest absolute Gasteiger partial charge is 0.298 e. The van der Waals surface area contributed by atoms with Crippen LogP contribution in [0.1, 0.15) is 20.3 Å². The van der Waals surface area contributed by atoms with E-state index in [0.717, 1.165) is 0 Å². The van der Waals surface area contributed by atoms with Gasteiger partial charge in [0.25, 0.3) is 0 Å². The van der Waals surface area contributed by atoms with Crippen molar-refractivity contribution >= 4 is 15.8 Å². The first-order chi connectivity index (χ1) is 5.42. The van der Waals surface area contributed by atoms with E-state index in [-0.39, 0.29) is 17.5 Å². The fourth-order valence-electron chi connectivity index (χ4n) is 1.21. The number of Topliss-reactive ketones (excluding diaryl/α,β-unsaturated/α-hetero) is 1. The smallest absolute Gasteiger partial charge is 0.212 e. The van der Waals surface area contributed by atoms with Gasteiger partial charge in [0.2, 0.25) is 10.0 Å². The monoisotopic (exact) mass is 191 g/mol. The van der Waals surface area contributed by atoms with Crippen molar-refractivity contribution in [1.82, 2.24) is 4.72 Å². The van der Waals surface area contributed by atoms with Gasteiger partial charge in [-0.15, -0.1) is 0 Å². The average Bonchev–Trinajstić information content (AvgIpc) is 2.28. The molecule has 1 aliphatic heterocycles. The lowest BCUT2D eigenvalue weighted by Crippen LogP contribution is -2.35. The SMILES string of the molecule is CC(C)C(=O)C1CCS(=O)(=O)N1. The molecule has 1 heterocycles. The quantitative estimate of drug-likeness (QED) is 0.663. The molecule has 12 heavy (non-hydrogen) atoms. The first-order valence-electron chi connectivity index (χ1n) is 3.96. The molecule has 0 aliphatic carbocycles. The number of carbonyl (C=O) groups is 1. The van der Waals surface area contributed by atoms with Gasteiger partial charge in [-0.1, -0.05) is 13.8 Å². The summed E-state index contributed by atoms with van der Waals surface area (Å²) in [5, 5.41) is 0. The van der Waals surface area contributed by atoms with Crippen LogP contribution >= 0.6 is 0 Å². The molecule has 1 aliphatic rings. The Morgan fingerprint density at radius 2 is 2.08 bits per heavy atom. The van der Waals surface area contributed by atoms with Crippen LogP contribution in [0.2, 0.25) is 0 Å². The highest BCUT2D eigenvalue weighted by Crippen LogP contribution is 2.12. The van der Waals surface area contributed by atoms with Crippen LogP contribution < -0.4 is 4.72 Å². The highest BCUT2D eigenvalue weighted by Gasteiger charge is 2.32. The van der Waals surface area contributed by atoms with E-state index >= 15 is 0 Å². The van der Waals surface area contributed by atoms with Crippen molar-refractivity contribution < 1.29 is 13.2 Å². The topological polar surface area (TPSA) is 63.2 Å². The maximum Gasteiger partial charge on any atom is 0.212 e. The highest BCUT2D eigenvalue weighted by atomic mass is 32.2. The molecule has 4 nitrogen and oxygen atoms in total. The van der Waals surface area contributed by atoms with Gasteiger partial charge >= 0.3 is 0 Å². The lowest BCUT2D eigenvalue weighted by molar-refractivity contribution is -0.123. The Hall–Kier alpha value is -0.420. The van der Waals surface area contributed by atoms with Crippen molar-refractivity contribution in [2.75, 3.05) is 5.75 Å². The second kappa shape index (κ2) is 3.14. The van der Waals surface area contributed by atoms with Gasteiger partial charge in [-0.3, -0.25) is 4.79 Å². The number of ketones is 1. The molecule has 0 bridgehead atoms. The van der Waals surface area contributed by atoms with Gasteiger partial charge in [0, 0.05) is 5.92 Å². The van der Waals surface area contributed by atoms with Gasteiger partial charge in [0.05, 0.1) is 11.8 Å². The van der Waals surface area contributed by atoms with Crippen LogP contribution in [0.15, 0.2) is 0 Å². The Bertz CT molecular complexity index is 281. The zero-order chi connectivity index (χ0) is 9.35. The van der Waals surface area contributed by atoms with Crippen molar-refractivity contribution in [2.45, 2.75) is 26.3 Å². The molecule has 0 spiro atoms. The van der Waals surface area contributed by atoms with Crippen molar-refractivity contribution in [3.05, 3.63) is 0 Å². The Labute approximate surface area is 72.4 Å². The van der Waals surface area contributed by atoms with Gasteiger partial charge in [-0.05, 0) is 6.42 Å². The number of rotatable bonds is 2. The van der Waals surface area contributed by atoms with E-state index in [1.807, 2.05) is 0 Å². The first kappa shape index (κ1) is 9.67. The predicted octanol–water partition coefficient (Wildman–Crippen LogP) is -0.0968. The van der Waals surface area contributed by atoms with Gasteiger partial charge in [0.15, 0.2) is 5.78 Å². The Morgan fingerprint density at radius 3 is 2.42 bits per heavy atom. The molecule has 0 aromatic rings. The molecule has 1 unspecified atom stereocenters. The van der Waals surface area contributed by atoms with Crippen LogP contribution in [-0.2, 0) is 14.8 Å². The second-order valence-electron chi connectivity index (χ2n) is 3.34. The molecule has 70 valence electrons. The van der Waals surface area contributed by atoms with Crippen LogP contribution in [0.4, 0.5) is 0 Å². The van der Waals surface area contributed by atoms with Gasteiger partial charge in [-0.25, -0.2) is 13.1 Å². The summed E-state index contributed by atoms with van der Waals surface area (Å²) in [6.07, 6.45) is 0.416. The zero-order valence-electron chi connectivity index (χ0n) is 7.20. The van der Waals surface area contributed by atoms with Gasteiger partial charge in [0.1, 0.15) is 0 Å². The number of nitrogens with one attached hydrogen (secondary N) is 1. The van der Waals surface area contributed by atoms with Crippen LogP contribution in [0.25, 0.3) is 0 Å². The van der Waals surface area contributed by atoms with Gasteiger partial charge in [-0.2, -0.15) is 0 Å². The predicted molar refractivity (Wildman–Crippen MR) is 45.2 cm³/mol. The summed E-state index contributed by atoms with van der Waals surface area (Å²) in [4.78, 5) is 11.3. The molecular weight excluding hydrogens is 178 g/mol. The standard InChI is InChI=1S/C7H13NO3S/c1-5(2)7(9)6-3-4-12(10,11)8-6/h5-6,8H,3-4H2,1-2H3. The lowest BCUT2D eigenvalue weighted by atomic mass is 10.0. The number of hydrogen-bond donors (Lipinski definition) is 1. The van der Waals surface area contributed by atoms with E-state index in [1.165, 1.54) is 0 Å². The minimum Gasteiger partial charge on any atom is -0.298 e. The molecule has 1 fully saturated rings. The Balaban J connectivity index is 2.65. The maximum absolute atomic E-state index is 11.3. The third-order valence-electron chi connectivity index (χ3n) is 1.91. The molecule has 1 N–H and O–H groups in total. The molecule has 0 aromatic heterocycles. The van der Waals surface area contributed by atoms with Gasteiger partial charge < -0.3 is 0 Å². The maximum atomic E-state index is 11.3. The molecule has 1 rings (SSSR count).